The Morgan fingerprint density at radius 3 is 2.34 bits per heavy atom. The van der Waals surface area contributed by atoms with E-state index in [0.717, 1.165) is 15.8 Å². The minimum absolute atomic E-state index is 0.206. The molecule has 0 saturated carbocycles. The van der Waals surface area contributed by atoms with Gasteiger partial charge in [-0.05, 0) is 6.92 Å². The Balaban J connectivity index is 0.000000396. The van der Waals surface area contributed by atoms with Crippen molar-refractivity contribution in [1.29, 1.82) is 0 Å². The molecule has 1 aliphatic rings. The molecule has 1 heterocycles. The van der Waals surface area contributed by atoms with E-state index in [4.69, 9.17) is 16.7 Å². The lowest BCUT2D eigenvalue weighted by Gasteiger charge is -2.25. The van der Waals surface area contributed by atoms with E-state index in [1.165, 1.54) is 0 Å². The van der Waals surface area contributed by atoms with E-state index in [1.807, 2.05) is 45.8 Å². The highest BCUT2D eigenvalue weighted by molar-refractivity contribution is 6.18. The predicted molar refractivity (Wildman–Crippen MR) is 115 cm³/mol. The predicted octanol–water partition coefficient (Wildman–Crippen LogP) is 2.27. The number of anilines is 1. The van der Waals surface area contributed by atoms with Crippen LogP contribution in [0.25, 0.3) is 0 Å². The summed E-state index contributed by atoms with van der Waals surface area (Å²) in [5.74, 6) is 0.877. The molecule has 2 N–H and O–H groups in total. The second kappa shape index (κ2) is 10.7. The van der Waals surface area contributed by atoms with Gasteiger partial charge in [0.15, 0.2) is 11.8 Å². The largest absolute Gasteiger partial charge is 0.386 e. The number of aromatic nitrogens is 3. The molecule has 1 aliphatic carbocycles. The summed E-state index contributed by atoms with van der Waals surface area (Å²) in [5.41, 5.74) is 1.87. The summed E-state index contributed by atoms with van der Waals surface area (Å²) >= 11 is 5.40. The smallest absolute Gasteiger partial charge is 0.313 e. The molecule has 0 aromatic carbocycles. The lowest BCUT2D eigenvalue weighted by molar-refractivity contribution is -0.873. The SMILES string of the molecule is C[N+](C)(C)CC(O)CCl.Cc1nc(F)nc(NC2=CC(=C[N+](C)(C)C)[CH+]C=C2)n1. The van der Waals surface area contributed by atoms with E-state index in [0.29, 0.717) is 22.7 Å². The molecule has 0 amide bonds. The number of alkyl halides is 1. The standard InChI is InChI=1S/C14H18FN5.C6H15ClNO/c1-10-16-13(15)19-14(17-10)18-12-7-5-6-11(8-12)9-20(2,3)4;1-8(2,3)5-6(9)4-7/h5-9H,1-4H3,(H,16,17,18,19);6,9H,4-5H2,1-3H3/q+2;+1. The molecular weight excluding hydrogens is 395 g/mol. The van der Waals surface area contributed by atoms with Crippen LogP contribution in [0.5, 0.6) is 0 Å². The normalized spacial score (nSPS) is 16.5. The molecule has 1 atom stereocenters. The van der Waals surface area contributed by atoms with Crippen LogP contribution in [0.15, 0.2) is 35.7 Å². The van der Waals surface area contributed by atoms with Crippen molar-refractivity contribution >= 4 is 17.5 Å². The summed E-state index contributed by atoms with van der Waals surface area (Å²) in [5, 5.41) is 12.0. The number of nitrogens with one attached hydrogen (secondary N) is 1. The van der Waals surface area contributed by atoms with Crippen LogP contribution in [-0.4, -0.2) is 89.8 Å². The van der Waals surface area contributed by atoms with Crippen molar-refractivity contribution in [3.8, 4) is 0 Å². The molecule has 1 aromatic rings. The highest BCUT2D eigenvalue weighted by Crippen LogP contribution is 2.17. The van der Waals surface area contributed by atoms with Crippen molar-refractivity contribution in [3.63, 3.8) is 0 Å². The molecule has 29 heavy (non-hydrogen) atoms. The third-order valence-corrected chi connectivity index (χ3v) is 3.69. The maximum absolute atomic E-state index is 13.1. The van der Waals surface area contributed by atoms with E-state index >= 15 is 0 Å². The summed E-state index contributed by atoms with van der Waals surface area (Å²) in [6.45, 7) is 2.33. The van der Waals surface area contributed by atoms with Crippen LogP contribution in [0.1, 0.15) is 5.82 Å². The first kappa shape index (κ1) is 25.0. The second-order valence-corrected chi connectivity index (χ2v) is 9.06. The molecule has 9 heteroatoms. The van der Waals surface area contributed by atoms with Gasteiger partial charge in [-0.15, -0.1) is 11.6 Å². The first-order chi connectivity index (χ1) is 13.3. The van der Waals surface area contributed by atoms with E-state index in [1.54, 1.807) is 6.92 Å². The number of aryl methyl sites for hydroxylation is 1. The monoisotopic (exact) mass is 427 g/mol. The van der Waals surface area contributed by atoms with Gasteiger partial charge in [-0.1, -0.05) is 0 Å². The molecule has 0 fully saturated rings. The molecule has 1 aromatic heterocycles. The molecule has 0 bridgehead atoms. The first-order valence-electron chi connectivity index (χ1n) is 9.24. The van der Waals surface area contributed by atoms with Gasteiger partial charge in [-0.2, -0.15) is 19.3 Å². The van der Waals surface area contributed by atoms with Gasteiger partial charge in [0.05, 0.1) is 54.2 Å². The highest BCUT2D eigenvalue weighted by Gasteiger charge is 2.16. The van der Waals surface area contributed by atoms with Crippen LogP contribution >= 0.6 is 11.6 Å². The molecule has 0 saturated heterocycles. The zero-order chi connectivity index (χ0) is 22.2. The van der Waals surface area contributed by atoms with E-state index in [9.17, 15) is 4.39 Å². The molecule has 160 valence electrons. The Labute approximate surface area is 178 Å². The number of aliphatic hydroxyl groups is 1. The number of nitrogens with zero attached hydrogens (tertiary/aromatic N) is 5. The molecule has 7 nitrogen and oxygen atoms in total. The summed E-state index contributed by atoms with van der Waals surface area (Å²) < 4.78 is 14.6. The van der Waals surface area contributed by atoms with Crippen molar-refractivity contribution in [1.82, 2.24) is 15.0 Å². The van der Waals surface area contributed by atoms with Crippen molar-refractivity contribution < 1.29 is 18.5 Å². The fraction of sp³-hybridized carbons (Fsp3) is 0.500. The van der Waals surface area contributed by atoms with Crippen molar-refractivity contribution in [2.24, 2.45) is 0 Å². The van der Waals surface area contributed by atoms with Crippen LogP contribution in [0.4, 0.5) is 10.3 Å². The average molecular weight is 428 g/mol. The van der Waals surface area contributed by atoms with Crippen LogP contribution in [0.2, 0.25) is 0 Å². The quantitative estimate of drug-likeness (QED) is 0.414. The zero-order valence-electron chi connectivity index (χ0n) is 18.3. The number of rotatable bonds is 6. The molecule has 1 unspecified atom stereocenters. The van der Waals surface area contributed by atoms with E-state index in [2.05, 4.69) is 47.6 Å². The Hall–Kier alpha value is -2.00. The number of quaternary nitrogens is 2. The van der Waals surface area contributed by atoms with Crippen LogP contribution in [-0.2, 0) is 0 Å². The number of hydrogen-bond donors (Lipinski definition) is 2. The second-order valence-electron chi connectivity index (χ2n) is 8.75. The highest BCUT2D eigenvalue weighted by atomic mass is 35.5. The van der Waals surface area contributed by atoms with Crippen molar-refractivity contribution in [2.45, 2.75) is 13.0 Å². The van der Waals surface area contributed by atoms with E-state index < -0.39 is 6.08 Å². The van der Waals surface area contributed by atoms with Crippen molar-refractivity contribution in [3.05, 3.63) is 54.0 Å². The number of allylic oxidation sites excluding steroid dienone is 4. The Morgan fingerprint density at radius 2 is 1.86 bits per heavy atom. The minimum atomic E-state index is -0.783. The summed E-state index contributed by atoms with van der Waals surface area (Å²) in [6.07, 6.45) is 8.72. The van der Waals surface area contributed by atoms with Gasteiger partial charge in [-0.3, -0.25) is 4.48 Å². The fourth-order valence-electron chi connectivity index (χ4n) is 2.46. The third-order valence-electron chi connectivity index (χ3n) is 3.34. The zero-order valence-corrected chi connectivity index (χ0v) is 19.1. The third kappa shape index (κ3) is 11.6. The van der Waals surface area contributed by atoms with Gasteiger partial charge in [-0.25, -0.2) is 0 Å². The van der Waals surface area contributed by atoms with Gasteiger partial charge >= 0.3 is 6.08 Å². The number of hydrogen-bond acceptors (Lipinski definition) is 5. The van der Waals surface area contributed by atoms with Gasteiger partial charge in [0.25, 0.3) is 0 Å². The molecular formula is C20H33ClFN6O+3. The number of aliphatic hydroxyl groups excluding tert-OH is 1. The lowest BCUT2D eigenvalue weighted by Crippen LogP contribution is -2.41. The van der Waals surface area contributed by atoms with Gasteiger partial charge in [0, 0.05) is 18.6 Å². The molecule has 0 radical (unpaired) electrons. The Morgan fingerprint density at radius 1 is 1.21 bits per heavy atom. The van der Waals surface area contributed by atoms with Gasteiger partial charge in [0.1, 0.15) is 24.2 Å². The number of likely N-dealkylation sites (N-methyl/N-ethyl adjacent to an activating group) is 1. The summed E-state index contributed by atoms with van der Waals surface area (Å²) in [7, 11) is 12.3. The summed E-state index contributed by atoms with van der Waals surface area (Å²) in [4.78, 5) is 11.2. The number of halogens is 2. The fourth-order valence-corrected chi connectivity index (χ4v) is 2.56. The maximum Gasteiger partial charge on any atom is 0.313 e. The van der Waals surface area contributed by atoms with Gasteiger partial charge in [0.2, 0.25) is 5.95 Å². The maximum atomic E-state index is 13.1. The Kier molecular flexibility index (Phi) is 9.22. The van der Waals surface area contributed by atoms with Crippen LogP contribution in [0, 0.1) is 19.4 Å². The molecule has 0 aliphatic heterocycles. The Bertz CT molecular complexity index is 745. The van der Waals surface area contributed by atoms with Crippen molar-refractivity contribution in [2.75, 3.05) is 60.0 Å². The molecule has 0 spiro atoms. The van der Waals surface area contributed by atoms with Gasteiger partial charge < -0.3 is 14.9 Å². The topological polar surface area (TPSA) is 70.9 Å². The minimum Gasteiger partial charge on any atom is -0.386 e. The van der Waals surface area contributed by atoms with E-state index in [-0.39, 0.29) is 12.1 Å². The molecule has 2 rings (SSSR count). The average Bonchev–Trinajstić information content (AvgIpc) is 2.51. The summed E-state index contributed by atoms with van der Waals surface area (Å²) in [6, 6.07) is 0. The first-order valence-corrected chi connectivity index (χ1v) is 9.77. The van der Waals surface area contributed by atoms with Crippen LogP contribution in [0.3, 0.4) is 0 Å². The van der Waals surface area contributed by atoms with Crippen LogP contribution < -0.4 is 5.32 Å². The lowest BCUT2D eigenvalue weighted by atomic mass is 10.1.